The van der Waals surface area contributed by atoms with Crippen LogP contribution >= 0.6 is 0 Å². The van der Waals surface area contributed by atoms with Gasteiger partial charge in [-0.05, 0) is 18.8 Å². The van der Waals surface area contributed by atoms with Gasteiger partial charge >= 0.3 is 0 Å². The number of aliphatic hydroxyl groups excluding tert-OH is 1. The van der Waals surface area contributed by atoms with Gasteiger partial charge in [-0.1, -0.05) is 26.7 Å². The molecule has 0 aromatic rings. The average Bonchev–Trinajstić information content (AvgIpc) is 2.62. The maximum Gasteiger partial charge on any atom is 0.0681 e. The lowest BCUT2D eigenvalue weighted by molar-refractivity contribution is -0.192. The highest BCUT2D eigenvalue weighted by Gasteiger charge is 2.56. The summed E-state index contributed by atoms with van der Waals surface area (Å²) in [4.78, 5) is 0. The quantitative estimate of drug-likeness (QED) is 0.754. The van der Waals surface area contributed by atoms with Crippen LogP contribution in [0.1, 0.15) is 46.0 Å². The fourth-order valence-corrected chi connectivity index (χ4v) is 2.96. The van der Waals surface area contributed by atoms with E-state index in [-0.39, 0.29) is 11.5 Å². The minimum Gasteiger partial charge on any atom is -0.392 e. The van der Waals surface area contributed by atoms with Gasteiger partial charge in [0.05, 0.1) is 12.2 Å². The Morgan fingerprint density at radius 2 is 2.00 bits per heavy atom. The summed E-state index contributed by atoms with van der Waals surface area (Å²) in [7, 11) is 0. The van der Waals surface area contributed by atoms with Crippen LogP contribution in [0, 0.1) is 11.3 Å². The SMILES string of the molecule is CC(C)COC1CC(O)C12CCCC2. The number of hydrogen-bond acceptors (Lipinski definition) is 2. The van der Waals surface area contributed by atoms with Gasteiger partial charge in [0.25, 0.3) is 0 Å². The molecule has 0 saturated heterocycles. The molecular formula is C12H22O2. The van der Waals surface area contributed by atoms with Gasteiger partial charge in [-0.25, -0.2) is 0 Å². The predicted molar refractivity (Wildman–Crippen MR) is 56.1 cm³/mol. The molecule has 1 spiro atoms. The molecule has 14 heavy (non-hydrogen) atoms. The first-order chi connectivity index (χ1) is 6.65. The van der Waals surface area contributed by atoms with E-state index >= 15 is 0 Å². The minimum absolute atomic E-state index is 0.0813. The van der Waals surface area contributed by atoms with E-state index in [0.717, 1.165) is 13.0 Å². The number of hydrogen-bond donors (Lipinski definition) is 1. The van der Waals surface area contributed by atoms with Crippen LogP contribution < -0.4 is 0 Å². The van der Waals surface area contributed by atoms with Crippen molar-refractivity contribution in [2.24, 2.45) is 11.3 Å². The summed E-state index contributed by atoms with van der Waals surface area (Å²) in [5.74, 6) is 0.603. The van der Waals surface area contributed by atoms with Crippen molar-refractivity contribution >= 4 is 0 Å². The van der Waals surface area contributed by atoms with Crippen molar-refractivity contribution in [3.63, 3.8) is 0 Å². The molecule has 0 amide bonds. The molecule has 0 heterocycles. The van der Waals surface area contributed by atoms with Crippen molar-refractivity contribution in [3.8, 4) is 0 Å². The van der Waals surface area contributed by atoms with Gasteiger partial charge in [0, 0.05) is 18.4 Å². The van der Waals surface area contributed by atoms with E-state index in [9.17, 15) is 5.11 Å². The molecular weight excluding hydrogens is 176 g/mol. The first-order valence-corrected chi connectivity index (χ1v) is 5.95. The number of rotatable bonds is 3. The summed E-state index contributed by atoms with van der Waals surface area (Å²) in [5.41, 5.74) is 0.162. The van der Waals surface area contributed by atoms with Crippen molar-refractivity contribution in [1.82, 2.24) is 0 Å². The molecule has 2 unspecified atom stereocenters. The molecule has 0 aromatic heterocycles. The zero-order valence-corrected chi connectivity index (χ0v) is 9.33. The van der Waals surface area contributed by atoms with Crippen LogP contribution in [-0.4, -0.2) is 23.9 Å². The van der Waals surface area contributed by atoms with Crippen molar-refractivity contribution in [1.29, 1.82) is 0 Å². The third kappa shape index (κ3) is 1.59. The third-order valence-corrected chi connectivity index (χ3v) is 3.91. The molecule has 0 bridgehead atoms. The minimum atomic E-state index is -0.0813. The molecule has 2 atom stereocenters. The van der Waals surface area contributed by atoms with Gasteiger partial charge in [-0.15, -0.1) is 0 Å². The molecule has 2 aliphatic rings. The highest BCUT2D eigenvalue weighted by molar-refractivity contribution is 5.06. The lowest BCUT2D eigenvalue weighted by atomic mass is 9.62. The number of ether oxygens (including phenoxy) is 1. The third-order valence-electron chi connectivity index (χ3n) is 3.91. The van der Waals surface area contributed by atoms with Crippen molar-refractivity contribution < 1.29 is 9.84 Å². The summed E-state index contributed by atoms with van der Waals surface area (Å²) in [6.07, 6.45) is 6.04. The van der Waals surface area contributed by atoms with Gasteiger partial charge in [-0.2, -0.15) is 0 Å². The molecule has 82 valence electrons. The lowest BCUT2D eigenvalue weighted by Crippen LogP contribution is -2.56. The summed E-state index contributed by atoms with van der Waals surface area (Å²) < 4.78 is 5.89. The van der Waals surface area contributed by atoms with E-state index in [1.54, 1.807) is 0 Å². The Hall–Kier alpha value is -0.0800. The predicted octanol–water partition coefficient (Wildman–Crippen LogP) is 2.35. The van der Waals surface area contributed by atoms with Crippen LogP contribution in [0.3, 0.4) is 0 Å². The van der Waals surface area contributed by atoms with Gasteiger partial charge in [-0.3, -0.25) is 0 Å². The Kier molecular flexibility index (Phi) is 2.85. The zero-order chi connectivity index (χ0) is 10.2. The van der Waals surface area contributed by atoms with Gasteiger partial charge < -0.3 is 9.84 Å². The van der Waals surface area contributed by atoms with E-state index in [1.165, 1.54) is 25.7 Å². The first kappa shape index (κ1) is 10.4. The van der Waals surface area contributed by atoms with E-state index < -0.39 is 0 Å². The first-order valence-electron chi connectivity index (χ1n) is 5.95. The Morgan fingerprint density at radius 1 is 1.36 bits per heavy atom. The van der Waals surface area contributed by atoms with Gasteiger partial charge in [0.15, 0.2) is 0 Å². The summed E-state index contributed by atoms with van der Waals surface area (Å²) in [5, 5.41) is 9.85. The summed E-state index contributed by atoms with van der Waals surface area (Å²) in [6, 6.07) is 0. The van der Waals surface area contributed by atoms with E-state index in [0.29, 0.717) is 12.0 Å². The van der Waals surface area contributed by atoms with Crippen molar-refractivity contribution in [2.75, 3.05) is 6.61 Å². The Labute approximate surface area is 86.6 Å². The molecule has 2 saturated carbocycles. The fraction of sp³-hybridized carbons (Fsp3) is 1.00. The zero-order valence-electron chi connectivity index (χ0n) is 9.33. The Bertz CT molecular complexity index is 194. The summed E-state index contributed by atoms with van der Waals surface area (Å²) >= 11 is 0. The fourth-order valence-electron chi connectivity index (χ4n) is 2.96. The number of aliphatic hydroxyl groups is 1. The van der Waals surface area contributed by atoms with E-state index in [1.807, 2.05) is 0 Å². The van der Waals surface area contributed by atoms with Crippen LogP contribution in [0.5, 0.6) is 0 Å². The van der Waals surface area contributed by atoms with Crippen LogP contribution in [0.2, 0.25) is 0 Å². The molecule has 1 N–H and O–H groups in total. The smallest absolute Gasteiger partial charge is 0.0681 e. The highest BCUT2D eigenvalue weighted by Crippen LogP contribution is 2.54. The van der Waals surface area contributed by atoms with E-state index in [4.69, 9.17) is 4.74 Å². The molecule has 0 aromatic carbocycles. The van der Waals surface area contributed by atoms with Crippen LogP contribution in [0.4, 0.5) is 0 Å². The standard InChI is InChI=1S/C12H22O2/c1-9(2)8-14-11-7-10(13)12(11)5-3-4-6-12/h9-11,13H,3-8H2,1-2H3. The topological polar surface area (TPSA) is 29.5 Å². The molecule has 2 nitrogen and oxygen atoms in total. The summed E-state index contributed by atoms with van der Waals surface area (Å²) in [6.45, 7) is 5.20. The van der Waals surface area contributed by atoms with Crippen LogP contribution in [0.25, 0.3) is 0 Å². The van der Waals surface area contributed by atoms with Gasteiger partial charge in [0.1, 0.15) is 0 Å². The molecule has 2 fully saturated rings. The van der Waals surface area contributed by atoms with E-state index in [2.05, 4.69) is 13.8 Å². The molecule has 0 radical (unpaired) electrons. The largest absolute Gasteiger partial charge is 0.392 e. The normalized spacial score (nSPS) is 35.1. The van der Waals surface area contributed by atoms with Gasteiger partial charge in [0.2, 0.25) is 0 Å². The Balaban J connectivity index is 1.88. The van der Waals surface area contributed by atoms with Crippen LogP contribution in [0.15, 0.2) is 0 Å². The molecule has 2 rings (SSSR count). The lowest BCUT2D eigenvalue weighted by Gasteiger charge is -2.51. The second kappa shape index (κ2) is 3.82. The second-order valence-corrected chi connectivity index (χ2v) is 5.41. The van der Waals surface area contributed by atoms with Crippen LogP contribution in [-0.2, 0) is 4.74 Å². The average molecular weight is 198 g/mol. The molecule has 0 aliphatic heterocycles. The maximum atomic E-state index is 9.85. The molecule has 2 heteroatoms. The highest BCUT2D eigenvalue weighted by atomic mass is 16.5. The van der Waals surface area contributed by atoms with Crippen molar-refractivity contribution in [3.05, 3.63) is 0 Å². The second-order valence-electron chi connectivity index (χ2n) is 5.41. The van der Waals surface area contributed by atoms with Crippen molar-refractivity contribution in [2.45, 2.75) is 58.2 Å². The molecule has 2 aliphatic carbocycles. The maximum absolute atomic E-state index is 9.85. The Morgan fingerprint density at radius 3 is 2.50 bits per heavy atom. The monoisotopic (exact) mass is 198 g/mol.